The molecule has 2 amide bonds. The molecule has 1 aliphatic heterocycles. The first-order valence-corrected chi connectivity index (χ1v) is 8.75. The third-order valence-corrected chi connectivity index (χ3v) is 4.37. The molecule has 136 valence electrons. The van der Waals surface area contributed by atoms with Crippen LogP contribution in [0.2, 0.25) is 0 Å². The first kappa shape index (κ1) is 19.0. The van der Waals surface area contributed by atoms with Gasteiger partial charge in [-0.3, -0.25) is 9.59 Å². The summed E-state index contributed by atoms with van der Waals surface area (Å²) in [5.41, 5.74) is 1.02. The molecular formula is C19H26N2O4. The lowest BCUT2D eigenvalue weighted by atomic mass is 10.0. The van der Waals surface area contributed by atoms with Gasteiger partial charge in [0.05, 0.1) is 12.2 Å². The van der Waals surface area contributed by atoms with Gasteiger partial charge in [-0.05, 0) is 49.9 Å². The summed E-state index contributed by atoms with van der Waals surface area (Å²) < 4.78 is 4.95. The summed E-state index contributed by atoms with van der Waals surface area (Å²) in [4.78, 5) is 39.5. The first-order chi connectivity index (χ1) is 11.9. The molecule has 1 saturated heterocycles. The number of ether oxygens (including phenoxy) is 1. The summed E-state index contributed by atoms with van der Waals surface area (Å²) in [5, 5.41) is 0. The van der Waals surface area contributed by atoms with Crippen LogP contribution in [0.3, 0.4) is 0 Å². The summed E-state index contributed by atoms with van der Waals surface area (Å²) in [6.07, 6.45) is 2.14. The summed E-state index contributed by atoms with van der Waals surface area (Å²) in [7, 11) is 0. The molecule has 1 aliphatic rings. The van der Waals surface area contributed by atoms with Crippen molar-refractivity contribution < 1.29 is 19.1 Å². The van der Waals surface area contributed by atoms with Crippen LogP contribution in [0, 0.1) is 5.92 Å². The van der Waals surface area contributed by atoms with Gasteiger partial charge in [0.25, 0.3) is 0 Å². The zero-order valence-corrected chi connectivity index (χ0v) is 15.2. The lowest BCUT2D eigenvalue weighted by molar-refractivity contribution is -0.132. The Labute approximate surface area is 148 Å². The minimum Gasteiger partial charge on any atom is -0.462 e. The molecule has 1 unspecified atom stereocenters. The number of nitrogens with zero attached hydrogens (tertiary/aromatic N) is 2. The van der Waals surface area contributed by atoms with E-state index in [9.17, 15) is 14.4 Å². The van der Waals surface area contributed by atoms with Crippen LogP contribution in [0.1, 0.15) is 44.0 Å². The van der Waals surface area contributed by atoms with Crippen molar-refractivity contribution in [1.29, 1.82) is 0 Å². The highest BCUT2D eigenvalue weighted by Gasteiger charge is 2.24. The van der Waals surface area contributed by atoms with Crippen molar-refractivity contribution in [2.75, 3.05) is 31.1 Å². The van der Waals surface area contributed by atoms with E-state index < -0.39 is 5.97 Å². The second-order valence-corrected chi connectivity index (χ2v) is 6.46. The van der Waals surface area contributed by atoms with Crippen LogP contribution in [0.5, 0.6) is 0 Å². The second-order valence-electron chi connectivity index (χ2n) is 6.46. The van der Waals surface area contributed by atoms with E-state index in [1.807, 2.05) is 4.90 Å². The van der Waals surface area contributed by atoms with Gasteiger partial charge < -0.3 is 14.5 Å². The lowest BCUT2D eigenvalue weighted by Crippen LogP contribution is -2.46. The van der Waals surface area contributed by atoms with E-state index >= 15 is 0 Å². The average Bonchev–Trinajstić information content (AvgIpc) is 2.59. The van der Waals surface area contributed by atoms with Gasteiger partial charge in [-0.1, -0.05) is 6.92 Å². The number of hydrogen-bond acceptors (Lipinski definition) is 4. The molecule has 6 heteroatoms. The van der Waals surface area contributed by atoms with Gasteiger partial charge in [0.1, 0.15) is 6.54 Å². The standard InChI is InChI=1S/C19H26N2O4/c1-4-25-19(24)16-7-9-17(10-8-16)21(15(3)22)13-18(23)20-11-5-6-14(2)12-20/h7-10,14H,4-6,11-13H2,1-3H3. The quantitative estimate of drug-likeness (QED) is 0.768. The third-order valence-electron chi connectivity index (χ3n) is 4.37. The van der Waals surface area contributed by atoms with Gasteiger partial charge >= 0.3 is 5.97 Å². The normalized spacial score (nSPS) is 17.1. The zero-order chi connectivity index (χ0) is 18.4. The molecule has 1 fully saturated rings. The monoisotopic (exact) mass is 346 g/mol. The summed E-state index contributed by atoms with van der Waals surface area (Å²) in [6, 6.07) is 6.55. The predicted molar refractivity (Wildman–Crippen MR) is 95.4 cm³/mol. The Hall–Kier alpha value is -2.37. The maximum atomic E-state index is 12.6. The van der Waals surface area contributed by atoms with Gasteiger partial charge in [-0.2, -0.15) is 0 Å². The van der Waals surface area contributed by atoms with E-state index in [-0.39, 0.29) is 18.4 Å². The van der Waals surface area contributed by atoms with Crippen LogP contribution in [-0.4, -0.2) is 48.9 Å². The van der Waals surface area contributed by atoms with Crippen molar-refractivity contribution in [3.05, 3.63) is 29.8 Å². The molecule has 1 atom stereocenters. The molecule has 0 radical (unpaired) electrons. The Bertz CT molecular complexity index is 627. The highest BCUT2D eigenvalue weighted by atomic mass is 16.5. The number of esters is 1. The molecule has 0 saturated carbocycles. The van der Waals surface area contributed by atoms with Gasteiger partial charge in [0.2, 0.25) is 11.8 Å². The maximum absolute atomic E-state index is 12.6. The van der Waals surface area contributed by atoms with Gasteiger partial charge in [0.15, 0.2) is 0 Å². The summed E-state index contributed by atoms with van der Waals surface area (Å²) in [6.45, 7) is 7.13. The first-order valence-electron chi connectivity index (χ1n) is 8.75. The van der Waals surface area contributed by atoms with E-state index in [1.54, 1.807) is 31.2 Å². The SMILES string of the molecule is CCOC(=O)c1ccc(N(CC(=O)N2CCCC(C)C2)C(C)=O)cc1. The number of anilines is 1. The number of hydrogen-bond donors (Lipinski definition) is 0. The minimum absolute atomic E-state index is 0.0147. The molecule has 0 N–H and O–H groups in total. The van der Waals surface area contributed by atoms with Crippen LogP contribution in [0.4, 0.5) is 5.69 Å². The van der Waals surface area contributed by atoms with Crippen molar-refractivity contribution in [3.8, 4) is 0 Å². The molecule has 1 heterocycles. The van der Waals surface area contributed by atoms with Crippen LogP contribution < -0.4 is 4.90 Å². The number of amides is 2. The van der Waals surface area contributed by atoms with Crippen molar-refractivity contribution in [2.24, 2.45) is 5.92 Å². The number of piperidine rings is 1. The molecule has 1 aromatic rings. The Morgan fingerprint density at radius 3 is 2.48 bits per heavy atom. The third kappa shape index (κ3) is 5.05. The molecule has 6 nitrogen and oxygen atoms in total. The second kappa shape index (κ2) is 8.65. The lowest BCUT2D eigenvalue weighted by Gasteiger charge is -2.32. The molecule has 25 heavy (non-hydrogen) atoms. The molecule has 1 aromatic carbocycles. The molecule has 0 aliphatic carbocycles. The molecule has 0 bridgehead atoms. The van der Waals surface area contributed by atoms with Gasteiger partial charge in [-0.15, -0.1) is 0 Å². The summed E-state index contributed by atoms with van der Waals surface area (Å²) >= 11 is 0. The highest BCUT2D eigenvalue weighted by Crippen LogP contribution is 2.19. The zero-order valence-electron chi connectivity index (χ0n) is 15.2. The predicted octanol–water partition coefficient (Wildman–Crippen LogP) is 2.47. The number of rotatable bonds is 5. The van der Waals surface area contributed by atoms with Crippen molar-refractivity contribution >= 4 is 23.5 Å². The van der Waals surface area contributed by atoms with E-state index in [4.69, 9.17) is 4.74 Å². The number of likely N-dealkylation sites (tertiary alicyclic amines) is 1. The Morgan fingerprint density at radius 2 is 1.92 bits per heavy atom. The number of carbonyl (C=O) groups is 3. The fourth-order valence-corrected chi connectivity index (χ4v) is 3.03. The smallest absolute Gasteiger partial charge is 0.338 e. The van der Waals surface area contributed by atoms with Crippen molar-refractivity contribution in [1.82, 2.24) is 4.90 Å². The Balaban J connectivity index is 2.08. The maximum Gasteiger partial charge on any atom is 0.338 e. The largest absolute Gasteiger partial charge is 0.462 e. The molecule has 2 rings (SSSR count). The summed E-state index contributed by atoms with van der Waals surface area (Å²) in [5.74, 6) is -0.160. The van der Waals surface area contributed by atoms with Crippen molar-refractivity contribution in [3.63, 3.8) is 0 Å². The number of benzene rings is 1. The van der Waals surface area contributed by atoms with E-state index in [2.05, 4.69) is 6.92 Å². The molecule has 0 spiro atoms. The minimum atomic E-state index is -0.401. The van der Waals surface area contributed by atoms with E-state index in [0.29, 0.717) is 23.8 Å². The molecular weight excluding hydrogens is 320 g/mol. The highest BCUT2D eigenvalue weighted by molar-refractivity contribution is 5.98. The Morgan fingerprint density at radius 1 is 1.24 bits per heavy atom. The Kier molecular flexibility index (Phi) is 6.56. The van der Waals surface area contributed by atoms with Gasteiger partial charge in [-0.25, -0.2) is 4.79 Å². The van der Waals surface area contributed by atoms with E-state index in [0.717, 1.165) is 25.9 Å². The van der Waals surface area contributed by atoms with Gasteiger partial charge in [0, 0.05) is 25.7 Å². The van der Waals surface area contributed by atoms with Crippen LogP contribution >= 0.6 is 0 Å². The van der Waals surface area contributed by atoms with Crippen LogP contribution in [0.15, 0.2) is 24.3 Å². The van der Waals surface area contributed by atoms with Crippen LogP contribution in [0.25, 0.3) is 0 Å². The fourth-order valence-electron chi connectivity index (χ4n) is 3.03. The van der Waals surface area contributed by atoms with Crippen LogP contribution in [-0.2, 0) is 14.3 Å². The fraction of sp³-hybridized carbons (Fsp3) is 0.526. The average molecular weight is 346 g/mol. The van der Waals surface area contributed by atoms with Crippen molar-refractivity contribution in [2.45, 2.75) is 33.6 Å². The number of carbonyl (C=O) groups excluding carboxylic acids is 3. The molecule has 0 aromatic heterocycles. The van der Waals surface area contributed by atoms with E-state index in [1.165, 1.54) is 11.8 Å². The topological polar surface area (TPSA) is 66.9 Å².